The molecule has 0 saturated carbocycles. The SMILES string of the molecule is CCCc1cc(C)cc2c(=O)c3ccccc3sc12. The maximum absolute atomic E-state index is 12.6. The van der Waals surface area contributed by atoms with Crippen LogP contribution in [0.2, 0.25) is 0 Å². The van der Waals surface area contributed by atoms with Crippen LogP contribution in [0, 0.1) is 6.92 Å². The Morgan fingerprint density at radius 2 is 1.89 bits per heavy atom. The maximum Gasteiger partial charge on any atom is 0.195 e. The Kier molecular flexibility index (Phi) is 3.11. The molecule has 0 unspecified atom stereocenters. The van der Waals surface area contributed by atoms with Gasteiger partial charge in [0, 0.05) is 20.2 Å². The molecule has 3 aromatic rings. The normalized spacial score (nSPS) is 11.3. The highest BCUT2D eigenvalue weighted by Crippen LogP contribution is 2.29. The van der Waals surface area contributed by atoms with E-state index in [1.54, 1.807) is 11.3 Å². The van der Waals surface area contributed by atoms with Gasteiger partial charge in [-0.1, -0.05) is 37.1 Å². The van der Waals surface area contributed by atoms with E-state index < -0.39 is 0 Å². The second-order valence-corrected chi connectivity index (χ2v) is 6.03. The van der Waals surface area contributed by atoms with Crippen LogP contribution in [0.5, 0.6) is 0 Å². The smallest absolute Gasteiger partial charge is 0.195 e. The molecule has 0 aliphatic carbocycles. The molecule has 2 heteroatoms. The summed E-state index contributed by atoms with van der Waals surface area (Å²) < 4.78 is 2.25. The quantitative estimate of drug-likeness (QED) is 0.617. The highest BCUT2D eigenvalue weighted by atomic mass is 32.1. The van der Waals surface area contributed by atoms with E-state index in [9.17, 15) is 4.79 Å². The second-order valence-electron chi connectivity index (χ2n) is 4.98. The summed E-state index contributed by atoms with van der Waals surface area (Å²) in [5.74, 6) is 0. The molecule has 3 rings (SSSR count). The molecule has 0 aliphatic rings. The highest BCUT2D eigenvalue weighted by Gasteiger charge is 2.09. The third kappa shape index (κ3) is 2.06. The zero-order valence-corrected chi connectivity index (χ0v) is 12.0. The van der Waals surface area contributed by atoms with Gasteiger partial charge in [-0.3, -0.25) is 4.79 Å². The van der Waals surface area contributed by atoms with E-state index in [0.717, 1.165) is 33.0 Å². The van der Waals surface area contributed by atoms with Gasteiger partial charge in [-0.15, -0.1) is 11.3 Å². The summed E-state index contributed by atoms with van der Waals surface area (Å²) in [5, 5.41) is 1.72. The van der Waals surface area contributed by atoms with E-state index in [0.29, 0.717) is 0 Å². The molecule has 0 N–H and O–H groups in total. The number of hydrogen-bond acceptors (Lipinski definition) is 2. The average Bonchev–Trinajstić information content (AvgIpc) is 2.41. The zero-order valence-electron chi connectivity index (χ0n) is 11.2. The lowest BCUT2D eigenvalue weighted by Crippen LogP contribution is -2.02. The fraction of sp³-hybridized carbons (Fsp3) is 0.235. The van der Waals surface area contributed by atoms with E-state index in [-0.39, 0.29) is 5.43 Å². The molecule has 0 aliphatic heterocycles. The summed E-state index contributed by atoms with van der Waals surface area (Å²) in [6, 6.07) is 12.1. The summed E-state index contributed by atoms with van der Waals surface area (Å²) in [4.78, 5) is 12.6. The molecule has 0 amide bonds. The number of rotatable bonds is 2. The fourth-order valence-corrected chi connectivity index (χ4v) is 3.78. The summed E-state index contributed by atoms with van der Waals surface area (Å²) >= 11 is 1.74. The van der Waals surface area contributed by atoms with Gasteiger partial charge in [-0.25, -0.2) is 0 Å². The van der Waals surface area contributed by atoms with Gasteiger partial charge in [0.25, 0.3) is 0 Å². The molecular weight excluding hydrogens is 252 g/mol. The van der Waals surface area contributed by atoms with Crippen molar-refractivity contribution in [2.45, 2.75) is 26.7 Å². The first-order chi connectivity index (χ1) is 9.20. The van der Waals surface area contributed by atoms with Crippen molar-refractivity contribution in [2.75, 3.05) is 0 Å². The van der Waals surface area contributed by atoms with Gasteiger partial charge in [0.15, 0.2) is 5.43 Å². The summed E-state index contributed by atoms with van der Waals surface area (Å²) in [6.45, 7) is 4.25. The Balaban J connectivity index is 2.50. The number of hydrogen-bond donors (Lipinski definition) is 0. The van der Waals surface area contributed by atoms with E-state index in [1.807, 2.05) is 30.3 Å². The average molecular weight is 268 g/mol. The summed E-state index contributed by atoms with van der Waals surface area (Å²) in [6.07, 6.45) is 2.14. The van der Waals surface area contributed by atoms with Crippen LogP contribution in [0.15, 0.2) is 41.2 Å². The van der Waals surface area contributed by atoms with Crippen molar-refractivity contribution in [2.24, 2.45) is 0 Å². The number of benzene rings is 2. The van der Waals surface area contributed by atoms with Gasteiger partial charge in [0.2, 0.25) is 0 Å². The number of aryl methyl sites for hydroxylation is 2. The Hall–Kier alpha value is -1.67. The fourth-order valence-electron chi connectivity index (χ4n) is 2.59. The summed E-state index contributed by atoms with van der Waals surface area (Å²) in [7, 11) is 0. The standard InChI is InChI=1S/C17H16OS/c1-3-6-12-9-11(2)10-14-16(18)13-7-4-5-8-15(13)19-17(12)14/h4-5,7-10H,3,6H2,1-2H3. The first kappa shape index (κ1) is 12.4. The van der Waals surface area contributed by atoms with Gasteiger partial charge < -0.3 is 0 Å². The minimum Gasteiger partial charge on any atom is -0.289 e. The van der Waals surface area contributed by atoms with Crippen molar-refractivity contribution < 1.29 is 0 Å². The molecule has 0 atom stereocenters. The molecular formula is C17H16OS. The first-order valence-electron chi connectivity index (χ1n) is 6.66. The molecule has 1 aromatic heterocycles. The van der Waals surface area contributed by atoms with Gasteiger partial charge in [-0.05, 0) is 37.1 Å². The van der Waals surface area contributed by atoms with E-state index in [4.69, 9.17) is 0 Å². The largest absolute Gasteiger partial charge is 0.289 e. The van der Waals surface area contributed by atoms with Gasteiger partial charge in [0.1, 0.15) is 0 Å². The minimum atomic E-state index is 0.172. The van der Waals surface area contributed by atoms with Crippen molar-refractivity contribution in [1.82, 2.24) is 0 Å². The number of fused-ring (bicyclic) bond motifs is 2. The Labute approximate surface area is 116 Å². The molecule has 1 heterocycles. The van der Waals surface area contributed by atoms with Crippen LogP contribution in [0.3, 0.4) is 0 Å². The lowest BCUT2D eigenvalue weighted by atomic mass is 10.0. The molecule has 0 radical (unpaired) electrons. The van der Waals surface area contributed by atoms with Crippen LogP contribution in [-0.2, 0) is 6.42 Å². The molecule has 0 bridgehead atoms. The van der Waals surface area contributed by atoms with Gasteiger partial charge in [-0.2, -0.15) is 0 Å². The maximum atomic E-state index is 12.6. The van der Waals surface area contributed by atoms with Crippen molar-refractivity contribution in [3.63, 3.8) is 0 Å². The predicted molar refractivity (Wildman–Crippen MR) is 84.3 cm³/mol. The first-order valence-corrected chi connectivity index (χ1v) is 7.47. The Morgan fingerprint density at radius 1 is 1.11 bits per heavy atom. The molecule has 1 nitrogen and oxygen atoms in total. The zero-order chi connectivity index (χ0) is 13.4. The van der Waals surface area contributed by atoms with Crippen molar-refractivity contribution in [3.05, 3.63) is 57.7 Å². The topological polar surface area (TPSA) is 17.1 Å². The molecule has 0 spiro atoms. The Bertz CT molecular complexity index is 814. The molecule has 0 saturated heterocycles. The van der Waals surface area contributed by atoms with Crippen molar-refractivity contribution in [1.29, 1.82) is 0 Å². The second kappa shape index (κ2) is 4.78. The van der Waals surface area contributed by atoms with E-state index >= 15 is 0 Å². The van der Waals surface area contributed by atoms with Crippen LogP contribution in [0.1, 0.15) is 24.5 Å². The van der Waals surface area contributed by atoms with Crippen LogP contribution in [-0.4, -0.2) is 0 Å². The van der Waals surface area contributed by atoms with Crippen molar-refractivity contribution >= 4 is 31.5 Å². The van der Waals surface area contributed by atoms with Crippen LogP contribution < -0.4 is 5.43 Å². The monoisotopic (exact) mass is 268 g/mol. The predicted octanol–water partition coefficient (Wildman–Crippen LogP) is 4.68. The molecule has 96 valence electrons. The lowest BCUT2D eigenvalue weighted by molar-refractivity contribution is 0.929. The Morgan fingerprint density at radius 3 is 2.68 bits per heavy atom. The van der Waals surface area contributed by atoms with Crippen LogP contribution in [0.25, 0.3) is 20.2 Å². The molecule has 2 aromatic carbocycles. The third-order valence-electron chi connectivity index (χ3n) is 3.42. The molecule has 0 fully saturated rings. The third-order valence-corrected chi connectivity index (χ3v) is 4.68. The van der Waals surface area contributed by atoms with Gasteiger partial charge in [0.05, 0.1) is 0 Å². The van der Waals surface area contributed by atoms with E-state index in [1.165, 1.54) is 11.1 Å². The van der Waals surface area contributed by atoms with Crippen LogP contribution in [0.4, 0.5) is 0 Å². The van der Waals surface area contributed by atoms with E-state index in [2.05, 4.69) is 19.9 Å². The van der Waals surface area contributed by atoms with Gasteiger partial charge >= 0.3 is 0 Å². The lowest BCUT2D eigenvalue weighted by Gasteiger charge is -2.08. The minimum absolute atomic E-state index is 0.172. The van der Waals surface area contributed by atoms with Crippen molar-refractivity contribution in [3.8, 4) is 0 Å². The summed E-state index contributed by atoms with van der Waals surface area (Å²) in [5.41, 5.74) is 2.66. The van der Waals surface area contributed by atoms with Crippen LogP contribution >= 0.6 is 11.3 Å². The molecule has 19 heavy (non-hydrogen) atoms. The highest BCUT2D eigenvalue weighted by molar-refractivity contribution is 7.24.